The number of nitrogens with one attached hydrogen (secondary N) is 2. The second-order valence-electron chi connectivity index (χ2n) is 8.01. The second-order valence-corrected chi connectivity index (χ2v) is 8.01. The van der Waals surface area contributed by atoms with Gasteiger partial charge in [-0.15, -0.1) is 0 Å². The summed E-state index contributed by atoms with van der Waals surface area (Å²) in [5, 5.41) is 9.30. The Kier molecular flexibility index (Phi) is 7.19. The molecule has 3 aromatic rings. The maximum atomic E-state index is 13.8. The van der Waals surface area contributed by atoms with Crippen molar-refractivity contribution in [3.05, 3.63) is 60.3 Å². The third-order valence-electron chi connectivity index (χ3n) is 5.59. The zero-order chi connectivity index (χ0) is 23.2. The number of anilines is 2. The van der Waals surface area contributed by atoms with Crippen molar-refractivity contribution in [2.45, 2.75) is 19.3 Å². The van der Waals surface area contributed by atoms with E-state index in [1.54, 1.807) is 29.1 Å². The molecule has 1 aliphatic heterocycles. The van der Waals surface area contributed by atoms with Crippen molar-refractivity contribution < 1.29 is 18.3 Å². The molecule has 2 heterocycles. The summed E-state index contributed by atoms with van der Waals surface area (Å²) < 4.78 is 34.7. The molecule has 0 bridgehead atoms. The summed E-state index contributed by atoms with van der Waals surface area (Å²) in [6.45, 7) is 3.91. The van der Waals surface area contributed by atoms with Crippen LogP contribution in [0.1, 0.15) is 19.3 Å². The number of benzene rings is 2. The highest BCUT2D eigenvalue weighted by Crippen LogP contribution is 2.32. The zero-order valence-electron chi connectivity index (χ0n) is 18.5. The summed E-state index contributed by atoms with van der Waals surface area (Å²) in [7, 11) is 1.83. The van der Waals surface area contributed by atoms with Crippen LogP contribution in [0, 0.1) is 11.6 Å². The topological polar surface area (TPSA) is 71.4 Å². The van der Waals surface area contributed by atoms with Crippen LogP contribution in [0.5, 0.6) is 5.75 Å². The van der Waals surface area contributed by atoms with E-state index in [1.165, 1.54) is 18.9 Å². The monoisotopic (exact) mass is 455 g/mol. The van der Waals surface area contributed by atoms with Crippen LogP contribution in [-0.2, 0) is 7.05 Å². The van der Waals surface area contributed by atoms with Gasteiger partial charge in [-0.1, -0.05) is 0 Å². The van der Waals surface area contributed by atoms with Crippen LogP contribution in [0.4, 0.5) is 25.0 Å². The van der Waals surface area contributed by atoms with E-state index >= 15 is 0 Å². The molecule has 1 aromatic heterocycles. The Morgan fingerprint density at radius 3 is 2.64 bits per heavy atom. The van der Waals surface area contributed by atoms with E-state index in [0.717, 1.165) is 43.4 Å². The van der Waals surface area contributed by atoms with Crippen LogP contribution in [0.3, 0.4) is 0 Å². The standard InChI is InChI=1S/C24H27F2N5O2/c1-30-22(9-10-27-30)19-16-18(28-24(32)29-21-7-5-17(25)15-20(21)26)6-8-23(19)33-14-4-13-31-11-2-3-12-31/h5-10,15-16H,2-4,11-14H2,1H3,(H2,28,29,32). The van der Waals surface area contributed by atoms with Crippen molar-refractivity contribution >= 4 is 17.4 Å². The number of halogens is 2. The Balaban J connectivity index is 1.45. The van der Waals surface area contributed by atoms with Crippen molar-refractivity contribution in [3.63, 3.8) is 0 Å². The number of carbonyl (C=O) groups is 1. The number of carbonyl (C=O) groups excluding carboxylic acids is 1. The maximum Gasteiger partial charge on any atom is 0.323 e. The molecule has 7 nitrogen and oxygen atoms in total. The van der Waals surface area contributed by atoms with E-state index in [0.29, 0.717) is 24.1 Å². The summed E-state index contributed by atoms with van der Waals surface area (Å²) in [5.41, 5.74) is 1.99. The van der Waals surface area contributed by atoms with Crippen LogP contribution in [0.2, 0.25) is 0 Å². The third kappa shape index (κ3) is 5.87. The minimum Gasteiger partial charge on any atom is -0.493 e. The first-order chi connectivity index (χ1) is 16.0. The first kappa shape index (κ1) is 22.7. The highest BCUT2D eigenvalue weighted by Gasteiger charge is 2.15. The van der Waals surface area contributed by atoms with Crippen molar-refractivity contribution in [2.24, 2.45) is 7.05 Å². The molecule has 0 radical (unpaired) electrons. The average molecular weight is 456 g/mol. The molecule has 0 unspecified atom stereocenters. The Morgan fingerprint density at radius 1 is 1.09 bits per heavy atom. The molecule has 174 valence electrons. The lowest BCUT2D eigenvalue weighted by Crippen LogP contribution is -2.22. The Bertz CT molecular complexity index is 1110. The van der Waals surface area contributed by atoms with E-state index in [-0.39, 0.29) is 5.69 Å². The van der Waals surface area contributed by atoms with E-state index in [2.05, 4.69) is 20.6 Å². The third-order valence-corrected chi connectivity index (χ3v) is 5.59. The van der Waals surface area contributed by atoms with Gasteiger partial charge in [0.1, 0.15) is 17.4 Å². The second kappa shape index (κ2) is 10.4. The molecule has 33 heavy (non-hydrogen) atoms. The SMILES string of the molecule is Cn1nccc1-c1cc(NC(=O)Nc2ccc(F)cc2F)ccc1OCCCN1CCCC1. The number of amides is 2. The molecular formula is C24H27F2N5O2. The fraction of sp³-hybridized carbons (Fsp3) is 0.333. The molecular weight excluding hydrogens is 428 g/mol. The predicted octanol–water partition coefficient (Wildman–Crippen LogP) is 4.87. The lowest BCUT2D eigenvalue weighted by atomic mass is 10.1. The van der Waals surface area contributed by atoms with Gasteiger partial charge in [-0.2, -0.15) is 5.10 Å². The summed E-state index contributed by atoms with van der Waals surface area (Å²) in [6.07, 6.45) is 5.15. The Hall–Kier alpha value is -3.46. The molecule has 0 spiro atoms. The first-order valence-corrected chi connectivity index (χ1v) is 11.0. The number of hydrogen-bond acceptors (Lipinski definition) is 4. The normalized spacial score (nSPS) is 13.8. The molecule has 2 N–H and O–H groups in total. The molecule has 0 saturated carbocycles. The highest BCUT2D eigenvalue weighted by molar-refractivity contribution is 6.00. The van der Waals surface area contributed by atoms with E-state index in [4.69, 9.17) is 4.74 Å². The van der Waals surface area contributed by atoms with Gasteiger partial charge < -0.3 is 20.3 Å². The quantitative estimate of drug-likeness (QED) is 0.475. The number of hydrogen-bond donors (Lipinski definition) is 2. The molecule has 2 amide bonds. The number of urea groups is 1. The van der Waals surface area contributed by atoms with E-state index in [1.807, 2.05) is 13.1 Å². The number of likely N-dealkylation sites (tertiary alicyclic amines) is 1. The van der Waals surface area contributed by atoms with Crippen LogP contribution in [0.15, 0.2) is 48.7 Å². The van der Waals surface area contributed by atoms with Crippen molar-refractivity contribution in [1.29, 1.82) is 0 Å². The number of rotatable bonds is 8. The van der Waals surface area contributed by atoms with Gasteiger partial charge in [-0.3, -0.25) is 4.68 Å². The molecule has 2 aromatic carbocycles. The van der Waals surface area contributed by atoms with Gasteiger partial charge in [-0.05, 0) is 68.8 Å². The predicted molar refractivity (Wildman–Crippen MR) is 123 cm³/mol. The van der Waals surface area contributed by atoms with Crippen LogP contribution < -0.4 is 15.4 Å². The maximum absolute atomic E-state index is 13.8. The largest absolute Gasteiger partial charge is 0.493 e. The molecule has 1 aliphatic rings. The van der Waals surface area contributed by atoms with Crippen molar-refractivity contribution in [3.8, 4) is 17.0 Å². The molecule has 4 rings (SSSR count). The molecule has 0 atom stereocenters. The molecule has 9 heteroatoms. The van der Waals surface area contributed by atoms with E-state index < -0.39 is 17.7 Å². The van der Waals surface area contributed by atoms with Gasteiger partial charge in [-0.25, -0.2) is 13.6 Å². The van der Waals surface area contributed by atoms with Crippen LogP contribution in [0.25, 0.3) is 11.3 Å². The van der Waals surface area contributed by atoms with Crippen molar-refractivity contribution in [2.75, 3.05) is 36.9 Å². The fourth-order valence-electron chi connectivity index (χ4n) is 3.92. The van der Waals surface area contributed by atoms with Gasteiger partial charge in [0.25, 0.3) is 0 Å². The molecule has 1 fully saturated rings. The lowest BCUT2D eigenvalue weighted by Gasteiger charge is -2.17. The average Bonchev–Trinajstić information content (AvgIpc) is 3.45. The number of ether oxygens (including phenoxy) is 1. The van der Waals surface area contributed by atoms with E-state index in [9.17, 15) is 13.6 Å². The summed E-state index contributed by atoms with van der Waals surface area (Å²) in [6, 6.07) is 9.49. The smallest absolute Gasteiger partial charge is 0.323 e. The lowest BCUT2D eigenvalue weighted by molar-refractivity contribution is 0.261. The van der Waals surface area contributed by atoms with Crippen molar-refractivity contribution in [1.82, 2.24) is 14.7 Å². The van der Waals surface area contributed by atoms with Crippen LogP contribution >= 0.6 is 0 Å². The fourth-order valence-corrected chi connectivity index (χ4v) is 3.92. The Labute approximate surface area is 191 Å². The van der Waals surface area contributed by atoms with Gasteiger partial charge in [0.15, 0.2) is 0 Å². The minimum atomic E-state index is -0.849. The number of aromatic nitrogens is 2. The molecule has 1 saturated heterocycles. The number of aryl methyl sites for hydroxylation is 1. The van der Waals surface area contributed by atoms with Gasteiger partial charge in [0.2, 0.25) is 0 Å². The van der Waals surface area contributed by atoms with Gasteiger partial charge in [0.05, 0.1) is 18.0 Å². The Morgan fingerprint density at radius 2 is 1.91 bits per heavy atom. The zero-order valence-corrected chi connectivity index (χ0v) is 18.5. The molecule has 0 aliphatic carbocycles. The van der Waals surface area contributed by atoms with Crippen LogP contribution in [-0.4, -0.2) is 47.0 Å². The first-order valence-electron chi connectivity index (χ1n) is 11.0. The van der Waals surface area contributed by atoms with Gasteiger partial charge >= 0.3 is 6.03 Å². The summed E-state index contributed by atoms with van der Waals surface area (Å²) >= 11 is 0. The van der Waals surface area contributed by atoms with Gasteiger partial charge in [0, 0.05) is 37.1 Å². The summed E-state index contributed by atoms with van der Waals surface area (Å²) in [4.78, 5) is 14.8. The summed E-state index contributed by atoms with van der Waals surface area (Å²) in [5.74, 6) is -0.871. The number of nitrogens with zero attached hydrogens (tertiary/aromatic N) is 3. The minimum absolute atomic E-state index is 0.112. The highest BCUT2D eigenvalue weighted by atomic mass is 19.1.